The molecule has 3 atom stereocenters. The molecule has 1 aromatic heterocycles. The number of pyridine rings is 1. The molecule has 3 heterocycles. The van der Waals surface area contributed by atoms with Gasteiger partial charge in [0.2, 0.25) is 5.91 Å². The summed E-state index contributed by atoms with van der Waals surface area (Å²) in [7, 11) is 0. The van der Waals surface area contributed by atoms with Crippen LogP contribution in [-0.2, 0) is 19.1 Å². The maximum absolute atomic E-state index is 13.3. The standard InChI is InChI=1S/C25H37N5O7/c1-16(2)20(27-23(34)37-25(3,4)5)21(31)30-15-18(13-19(30)22(32)33)36-24(35)29-11-9-28(10-12-29)17-7-6-8-26-14-17/h6-8,14,16,18-20H,9-13,15H2,1-5H3,(H,27,34)(H,32,33)/t18-,19+,20+/m1/s1. The number of hydrogen-bond acceptors (Lipinski definition) is 8. The molecule has 0 spiro atoms. The highest BCUT2D eigenvalue weighted by Crippen LogP contribution is 2.24. The number of carboxylic acids is 1. The number of likely N-dealkylation sites (tertiary alicyclic amines) is 1. The number of anilines is 1. The van der Waals surface area contributed by atoms with Crippen LogP contribution in [0.1, 0.15) is 41.0 Å². The summed E-state index contributed by atoms with van der Waals surface area (Å²) in [6.45, 7) is 10.6. The van der Waals surface area contributed by atoms with E-state index in [0.29, 0.717) is 26.2 Å². The third kappa shape index (κ3) is 7.46. The zero-order valence-electron chi connectivity index (χ0n) is 22.0. The molecule has 12 heteroatoms. The van der Waals surface area contributed by atoms with E-state index in [-0.39, 0.29) is 18.9 Å². The summed E-state index contributed by atoms with van der Waals surface area (Å²) in [5, 5.41) is 12.3. The Hall–Kier alpha value is -3.57. The Morgan fingerprint density at radius 3 is 2.35 bits per heavy atom. The highest BCUT2D eigenvalue weighted by molar-refractivity contribution is 5.90. The normalized spacial score (nSPS) is 21.0. The van der Waals surface area contributed by atoms with Gasteiger partial charge in [-0.25, -0.2) is 14.4 Å². The van der Waals surface area contributed by atoms with Crippen molar-refractivity contribution < 1.29 is 33.8 Å². The SMILES string of the molecule is CC(C)[C@H](NC(=O)OC(C)(C)C)C(=O)N1C[C@H](OC(=O)N2CCN(c3cccnc3)CC2)C[C@H]1C(=O)O. The predicted molar refractivity (Wildman–Crippen MR) is 134 cm³/mol. The first-order chi connectivity index (χ1) is 17.4. The maximum atomic E-state index is 13.3. The van der Waals surface area contributed by atoms with Crippen molar-refractivity contribution in [3.63, 3.8) is 0 Å². The molecule has 0 saturated carbocycles. The number of nitrogens with one attached hydrogen (secondary N) is 1. The minimum Gasteiger partial charge on any atom is -0.480 e. The fourth-order valence-corrected chi connectivity index (χ4v) is 4.39. The molecule has 0 aromatic carbocycles. The van der Waals surface area contributed by atoms with Gasteiger partial charge in [-0.1, -0.05) is 13.8 Å². The predicted octanol–water partition coefficient (Wildman–Crippen LogP) is 1.94. The molecule has 12 nitrogen and oxygen atoms in total. The van der Waals surface area contributed by atoms with Crippen LogP contribution in [0, 0.1) is 5.92 Å². The van der Waals surface area contributed by atoms with Gasteiger partial charge in [-0.05, 0) is 38.8 Å². The largest absolute Gasteiger partial charge is 0.480 e. The lowest BCUT2D eigenvalue weighted by atomic mass is 10.0. The first-order valence-corrected chi connectivity index (χ1v) is 12.5. The van der Waals surface area contributed by atoms with Crippen LogP contribution in [0.5, 0.6) is 0 Å². The van der Waals surface area contributed by atoms with Crippen molar-refractivity contribution in [3.05, 3.63) is 24.5 Å². The molecule has 2 fully saturated rings. The Labute approximate surface area is 216 Å². The molecule has 0 unspecified atom stereocenters. The van der Waals surface area contributed by atoms with Gasteiger partial charge in [0, 0.05) is 38.8 Å². The molecule has 3 rings (SSSR count). The summed E-state index contributed by atoms with van der Waals surface area (Å²) in [5.74, 6) is -2.08. The molecule has 2 N–H and O–H groups in total. The molecular weight excluding hydrogens is 482 g/mol. The van der Waals surface area contributed by atoms with Crippen molar-refractivity contribution in [1.82, 2.24) is 20.1 Å². The molecule has 2 saturated heterocycles. The number of aromatic nitrogens is 1. The lowest BCUT2D eigenvalue weighted by Crippen LogP contribution is -2.54. The maximum Gasteiger partial charge on any atom is 0.410 e. The van der Waals surface area contributed by atoms with Crippen LogP contribution in [0.3, 0.4) is 0 Å². The van der Waals surface area contributed by atoms with Crippen LogP contribution >= 0.6 is 0 Å². The number of rotatable bonds is 6. The Morgan fingerprint density at radius 1 is 1.14 bits per heavy atom. The second-order valence-electron chi connectivity index (χ2n) is 10.6. The zero-order valence-corrected chi connectivity index (χ0v) is 22.0. The van der Waals surface area contributed by atoms with E-state index in [4.69, 9.17) is 9.47 Å². The second-order valence-corrected chi connectivity index (χ2v) is 10.6. The van der Waals surface area contributed by atoms with Crippen LogP contribution in [0.25, 0.3) is 0 Å². The van der Waals surface area contributed by atoms with Crippen molar-refractivity contribution in [1.29, 1.82) is 0 Å². The number of carbonyl (C=O) groups excluding carboxylic acids is 3. The van der Waals surface area contributed by atoms with Crippen molar-refractivity contribution in [2.75, 3.05) is 37.6 Å². The van der Waals surface area contributed by atoms with Gasteiger partial charge in [-0.2, -0.15) is 0 Å². The van der Waals surface area contributed by atoms with Crippen molar-refractivity contribution in [2.24, 2.45) is 5.92 Å². The summed E-state index contributed by atoms with van der Waals surface area (Å²) < 4.78 is 10.9. The Kier molecular flexibility index (Phi) is 8.82. The fourth-order valence-electron chi connectivity index (χ4n) is 4.39. The Balaban J connectivity index is 1.60. The van der Waals surface area contributed by atoms with Gasteiger partial charge in [-0.15, -0.1) is 0 Å². The first kappa shape index (κ1) is 28.0. The topological polar surface area (TPSA) is 142 Å². The van der Waals surface area contributed by atoms with E-state index in [1.807, 2.05) is 12.1 Å². The van der Waals surface area contributed by atoms with Gasteiger partial charge in [0.1, 0.15) is 23.8 Å². The lowest BCUT2D eigenvalue weighted by Gasteiger charge is -2.35. The van der Waals surface area contributed by atoms with E-state index >= 15 is 0 Å². The van der Waals surface area contributed by atoms with Crippen LogP contribution < -0.4 is 10.2 Å². The van der Waals surface area contributed by atoms with E-state index in [1.54, 1.807) is 51.9 Å². The molecule has 204 valence electrons. The van der Waals surface area contributed by atoms with Gasteiger partial charge in [0.15, 0.2) is 0 Å². The van der Waals surface area contributed by atoms with Gasteiger partial charge in [-0.3, -0.25) is 9.78 Å². The summed E-state index contributed by atoms with van der Waals surface area (Å²) in [6, 6.07) is 1.65. The van der Waals surface area contributed by atoms with Gasteiger partial charge in [0.25, 0.3) is 0 Å². The average molecular weight is 520 g/mol. The number of aliphatic carboxylic acids is 1. The third-order valence-corrected chi connectivity index (χ3v) is 6.25. The quantitative estimate of drug-likeness (QED) is 0.577. The van der Waals surface area contributed by atoms with Crippen LogP contribution in [0.15, 0.2) is 24.5 Å². The number of hydrogen-bond donors (Lipinski definition) is 2. The summed E-state index contributed by atoms with van der Waals surface area (Å²) >= 11 is 0. The molecule has 2 aliphatic heterocycles. The van der Waals surface area contributed by atoms with Gasteiger partial charge in [0.05, 0.1) is 18.4 Å². The summed E-state index contributed by atoms with van der Waals surface area (Å²) in [6.07, 6.45) is 1.36. The van der Waals surface area contributed by atoms with Crippen LogP contribution in [0.4, 0.5) is 15.3 Å². The van der Waals surface area contributed by atoms with E-state index in [1.165, 1.54) is 4.90 Å². The second kappa shape index (κ2) is 11.7. The number of alkyl carbamates (subject to hydrolysis) is 1. The number of carboxylic acid groups (broad SMARTS) is 1. The lowest BCUT2D eigenvalue weighted by molar-refractivity contribution is -0.149. The van der Waals surface area contributed by atoms with Crippen LogP contribution in [-0.4, -0.2) is 100 Å². The van der Waals surface area contributed by atoms with E-state index in [2.05, 4.69) is 15.2 Å². The van der Waals surface area contributed by atoms with Gasteiger partial charge >= 0.3 is 18.2 Å². The highest BCUT2D eigenvalue weighted by atomic mass is 16.6. The first-order valence-electron chi connectivity index (χ1n) is 12.5. The zero-order chi connectivity index (χ0) is 27.3. The smallest absolute Gasteiger partial charge is 0.410 e. The van der Waals surface area contributed by atoms with Crippen molar-refractivity contribution >= 4 is 29.8 Å². The van der Waals surface area contributed by atoms with Crippen molar-refractivity contribution in [2.45, 2.75) is 64.8 Å². The molecule has 0 bridgehead atoms. The number of ether oxygens (including phenoxy) is 2. The van der Waals surface area contributed by atoms with E-state index in [9.17, 15) is 24.3 Å². The van der Waals surface area contributed by atoms with Gasteiger partial charge < -0.3 is 34.6 Å². The number of nitrogens with zero attached hydrogens (tertiary/aromatic N) is 4. The van der Waals surface area contributed by atoms with Crippen LogP contribution in [0.2, 0.25) is 0 Å². The monoisotopic (exact) mass is 519 g/mol. The number of piperazine rings is 1. The third-order valence-electron chi connectivity index (χ3n) is 6.25. The van der Waals surface area contributed by atoms with E-state index < -0.39 is 47.9 Å². The summed E-state index contributed by atoms with van der Waals surface area (Å²) in [5.41, 5.74) is 0.221. The fraction of sp³-hybridized carbons (Fsp3) is 0.640. The minimum atomic E-state index is -1.20. The highest BCUT2D eigenvalue weighted by Gasteiger charge is 2.45. The molecular formula is C25H37N5O7. The summed E-state index contributed by atoms with van der Waals surface area (Å²) in [4.78, 5) is 59.4. The van der Waals surface area contributed by atoms with E-state index in [0.717, 1.165) is 5.69 Å². The average Bonchev–Trinajstić information content (AvgIpc) is 3.25. The Morgan fingerprint density at radius 2 is 1.81 bits per heavy atom. The number of carbonyl (C=O) groups is 4. The molecule has 2 aliphatic rings. The Bertz CT molecular complexity index is 973. The molecule has 0 radical (unpaired) electrons. The number of amides is 3. The molecule has 37 heavy (non-hydrogen) atoms. The minimum absolute atomic E-state index is 0.0281. The molecule has 3 amide bonds. The van der Waals surface area contributed by atoms with Crippen molar-refractivity contribution in [3.8, 4) is 0 Å². The molecule has 1 aromatic rings. The molecule has 0 aliphatic carbocycles.